The van der Waals surface area contributed by atoms with E-state index in [-0.39, 0.29) is 6.10 Å². The molecule has 2 aromatic rings. The van der Waals surface area contributed by atoms with Gasteiger partial charge in [-0.1, -0.05) is 54.6 Å². The Morgan fingerprint density at radius 1 is 0.950 bits per heavy atom. The summed E-state index contributed by atoms with van der Waals surface area (Å²) in [7, 11) is 0. The Balaban J connectivity index is 1.71. The van der Waals surface area contributed by atoms with Gasteiger partial charge in [-0.3, -0.25) is 0 Å². The van der Waals surface area contributed by atoms with Crippen molar-refractivity contribution in [3.63, 3.8) is 0 Å². The van der Waals surface area contributed by atoms with E-state index in [1.54, 1.807) is 0 Å². The van der Waals surface area contributed by atoms with Crippen LogP contribution in [-0.4, -0.2) is 5.11 Å². The van der Waals surface area contributed by atoms with Crippen LogP contribution in [0.25, 0.3) is 0 Å². The van der Waals surface area contributed by atoms with E-state index in [1.807, 2.05) is 6.07 Å². The van der Waals surface area contributed by atoms with Gasteiger partial charge < -0.3 is 5.11 Å². The molecule has 0 spiro atoms. The van der Waals surface area contributed by atoms with Gasteiger partial charge in [0.25, 0.3) is 0 Å². The van der Waals surface area contributed by atoms with Crippen molar-refractivity contribution in [1.29, 1.82) is 0 Å². The highest BCUT2D eigenvalue weighted by molar-refractivity contribution is 5.30. The van der Waals surface area contributed by atoms with Crippen molar-refractivity contribution in [3.05, 3.63) is 71.3 Å². The molecule has 1 aliphatic rings. The fourth-order valence-electron chi connectivity index (χ4n) is 3.32. The van der Waals surface area contributed by atoms with Crippen LogP contribution in [0.15, 0.2) is 54.6 Å². The van der Waals surface area contributed by atoms with Crippen molar-refractivity contribution in [2.24, 2.45) is 5.92 Å². The highest BCUT2D eigenvalue weighted by atomic mass is 16.3. The summed E-state index contributed by atoms with van der Waals surface area (Å²) in [5, 5.41) is 10.7. The molecular weight excluding hydrogens is 244 g/mol. The molecule has 0 radical (unpaired) electrons. The standard InChI is InChI=1S/C19H22O/c20-19-17(14-13-15-7-2-1-3-8-15)11-6-10-16-9-4-5-12-18(16)19/h1-5,7-9,12,17,19-20H,6,10-11,13-14H2. The summed E-state index contributed by atoms with van der Waals surface area (Å²) in [5.74, 6) is 0.388. The lowest BCUT2D eigenvalue weighted by molar-refractivity contribution is 0.0999. The van der Waals surface area contributed by atoms with E-state index in [0.717, 1.165) is 31.2 Å². The van der Waals surface area contributed by atoms with E-state index >= 15 is 0 Å². The van der Waals surface area contributed by atoms with Gasteiger partial charge in [-0.05, 0) is 54.7 Å². The number of aliphatic hydroxyl groups excluding tert-OH is 1. The van der Waals surface area contributed by atoms with Crippen LogP contribution in [0.3, 0.4) is 0 Å². The molecule has 1 N–H and O–H groups in total. The minimum absolute atomic E-state index is 0.294. The molecule has 0 bridgehead atoms. The molecule has 1 aliphatic carbocycles. The molecular formula is C19H22O. The Labute approximate surface area is 121 Å². The van der Waals surface area contributed by atoms with Crippen molar-refractivity contribution in [2.45, 2.75) is 38.2 Å². The van der Waals surface area contributed by atoms with E-state index < -0.39 is 0 Å². The summed E-state index contributed by atoms with van der Waals surface area (Å²) in [6, 6.07) is 19.0. The number of hydrogen-bond acceptors (Lipinski definition) is 1. The average molecular weight is 266 g/mol. The third-order valence-electron chi connectivity index (χ3n) is 4.49. The molecule has 1 nitrogen and oxygen atoms in total. The summed E-state index contributed by atoms with van der Waals surface area (Å²) in [4.78, 5) is 0. The van der Waals surface area contributed by atoms with Crippen LogP contribution >= 0.6 is 0 Å². The van der Waals surface area contributed by atoms with Crippen molar-refractivity contribution in [2.75, 3.05) is 0 Å². The molecule has 0 saturated heterocycles. The maximum Gasteiger partial charge on any atom is 0.0820 e. The van der Waals surface area contributed by atoms with Crippen LogP contribution < -0.4 is 0 Å². The van der Waals surface area contributed by atoms with Crippen LogP contribution in [0.4, 0.5) is 0 Å². The number of rotatable bonds is 3. The van der Waals surface area contributed by atoms with E-state index in [1.165, 1.54) is 17.5 Å². The predicted octanol–water partition coefficient (Wildman–Crippen LogP) is 4.31. The van der Waals surface area contributed by atoms with Crippen molar-refractivity contribution in [1.82, 2.24) is 0 Å². The molecule has 0 aromatic heterocycles. The van der Waals surface area contributed by atoms with Crippen LogP contribution in [0.1, 0.15) is 42.1 Å². The lowest BCUT2D eigenvalue weighted by atomic mass is 9.88. The first-order chi connectivity index (χ1) is 9.84. The smallest absolute Gasteiger partial charge is 0.0820 e. The molecule has 0 fully saturated rings. The summed E-state index contributed by atoms with van der Waals surface area (Å²) < 4.78 is 0. The maximum atomic E-state index is 10.7. The molecule has 2 aromatic carbocycles. The van der Waals surface area contributed by atoms with Gasteiger partial charge in [0.15, 0.2) is 0 Å². The third-order valence-corrected chi connectivity index (χ3v) is 4.49. The Morgan fingerprint density at radius 3 is 2.55 bits per heavy atom. The Kier molecular flexibility index (Phi) is 4.17. The number of aliphatic hydroxyl groups is 1. The van der Waals surface area contributed by atoms with Crippen LogP contribution in [0.2, 0.25) is 0 Å². The highest BCUT2D eigenvalue weighted by Gasteiger charge is 2.25. The first-order valence-corrected chi connectivity index (χ1v) is 7.64. The fraction of sp³-hybridized carbons (Fsp3) is 0.368. The van der Waals surface area contributed by atoms with Gasteiger partial charge >= 0.3 is 0 Å². The Morgan fingerprint density at radius 2 is 1.70 bits per heavy atom. The second kappa shape index (κ2) is 6.23. The first kappa shape index (κ1) is 13.4. The van der Waals surface area contributed by atoms with Gasteiger partial charge in [0.2, 0.25) is 0 Å². The van der Waals surface area contributed by atoms with Crippen LogP contribution in [-0.2, 0) is 12.8 Å². The molecule has 0 amide bonds. The quantitative estimate of drug-likeness (QED) is 0.821. The number of fused-ring (bicyclic) bond motifs is 1. The Bertz CT molecular complexity index is 547. The van der Waals surface area contributed by atoms with Gasteiger partial charge in [0, 0.05) is 0 Å². The minimum atomic E-state index is -0.294. The largest absolute Gasteiger partial charge is 0.388 e. The molecule has 1 heteroatoms. The maximum absolute atomic E-state index is 10.7. The van der Waals surface area contributed by atoms with Crippen LogP contribution in [0.5, 0.6) is 0 Å². The van der Waals surface area contributed by atoms with Crippen molar-refractivity contribution >= 4 is 0 Å². The SMILES string of the molecule is OC1c2ccccc2CCCC1CCc1ccccc1. The van der Waals surface area contributed by atoms with Gasteiger partial charge in [-0.25, -0.2) is 0 Å². The highest BCUT2D eigenvalue weighted by Crippen LogP contribution is 2.35. The lowest BCUT2D eigenvalue weighted by Gasteiger charge is -2.22. The Hall–Kier alpha value is -1.60. The zero-order valence-corrected chi connectivity index (χ0v) is 11.8. The van der Waals surface area contributed by atoms with Gasteiger partial charge in [-0.2, -0.15) is 0 Å². The molecule has 0 heterocycles. The summed E-state index contributed by atoms with van der Waals surface area (Å²) in [5.41, 5.74) is 3.86. The van der Waals surface area contributed by atoms with Crippen LogP contribution in [0, 0.1) is 5.92 Å². The van der Waals surface area contributed by atoms with E-state index in [9.17, 15) is 5.11 Å². The van der Waals surface area contributed by atoms with Crippen molar-refractivity contribution in [3.8, 4) is 0 Å². The minimum Gasteiger partial charge on any atom is -0.388 e. The van der Waals surface area contributed by atoms with Crippen molar-refractivity contribution < 1.29 is 5.11 Å². The summed E-state index contributed by atoms with van der Waals surface area (Å²) in [6.07, 6.45) is 5.26. The molecule has 104 valence electrons. The lowest BCUT2D eigenvalue weighted by Crippen LogP contribution is -2.13. The molecule has 3 rings (SSSR count). The first-order valence-electron chi connectivity index (χ1n) is 7.64. The van der Waals surface area contributed by atoms with E-state index in [2.05, 4.69) is 48.5 Å². The van der Waals surface area contributed by atoms with Gasteiger partial charge in [0.05, 0.1) is 6.10 Å². The summed E-state index contributed by atoms with van der Waals surface area (Å²) >= 11 is 0. The molecule has 0 saturated carbocycles. The van der Waals surface area contributed by atoms with Gasteiger partial charge in [-0.15, -0.1) is 0 Å². The second-order valence-electron chi connectivity index (χ2n) is 5.82. The fourth-order valence-corrected chi connectivity index (χ4v) is 3.32. The predicted molar refractivity (Wildman–Crippen MR) is 82.6 cm³/mol. The normalized spacial score (nSPS) is 22.1. The van der Waals surface area contributed by atoms with Gasteiger partial charge in [0.1, 0.15) is 0 Å². The topological polar surface area (TPSA) is 20.2 Å². The summed E-state index contributed by atoms with van der Waals surface area (Å²) in [6.45, 7) is 0. The third kappa shape index (κ3) is 2.94. The second-order valence-corrected chi connectivity index (χ2v) is 5.82. The zero-order valence-electron chi connectivity index (χ0n) is 11.8. The molecule has 2 atom stereocenters. The molecule has 2 unspecified atom stereocenters. The number of aryl methyl sites for hydroxylation is 2. The van der Waals surface area contributed by atoms with E-state index in [0.29, 0.717) is 5.92 Å². The monoisotopic (exact) mass is 266 g/mol. The molecule has 0 aliphatic heterocycles. The average Bonchev–Trinajstić information content (AvgIpc) is 2.66. The molecule has 20 heavy (non-hydrogen) atoms. The number of benzene rings is 2. The number of hydrogen-bond donors (Lipinski definition) is 1. The zero-order chi connectivity index (χ0) is 13.8. The van der Waals surface area contributed by atoms with E-state index in [4.69, 9.17) is 0 Å².